The molecule has 0 saturated heterocycles. The lowest BCUT2D eigenvalue weighted by Crippen LogP contribution is -2.27. The van der Waals surface area contributed by atoms with Crippen LogP contribution in [0, 0.1) is 0 Å². The number of hydrogen-bond donors (Lipinski definition) is 3. The molecule has 0 bridgehead atoms. The van der Waals surface area contributed by atoms with E-state index in [9.17, 15) is 13.2 Å². The van der Waals surface area contributed by atoms with Crippen molar-refractivity contribution in [3.8, 4) is 0 Å². The van der Waals surface area contributed by atoms with Gasteiger partial charge in [-0.2, -0.15) is 0 Å². The van der Waals surface area contributed by atoms with Gasteiger partial charge in [-0.25, -0.2) is 13.1 Å². The highest BCUT2D eigenvalue weighted by molar-refractivity contribution is 7.89. The van der Waals surface area contributed by atoms with E-state index in [1.54, 1.807) is 0 Å². The molecule has 0 fully saturated rings. The summed E-state index contributed by atoms with van der Waals surface area (Å²) in [6, 6.07) is 5.86. The standard InChI is InChI=1S/C11H15N3O3S2/c1-8(15)14-9-2-4-10(5-3-9)19(16,17)13-7-6-11(12)18/h2-5,13H,6-7H2,1H3,(H2,12,18)(H,14,15). The summed E-state index contributed by atoms with van der Waals surface area (Å²) in [7, 11) is -3.58. The summed E-state index contributed by atoms with van der Waals surface area (Å²) >= 11 is 4.66. The number of amides is 1. The summed E-state index contributed by atoms with van der Waals surface area (Å²) in [5.74, 6) is -0.217. The van der Waals surface area contributed by atoms with Gasteiger partial charge in [-0.3, -0.25) is 4.79 Å². The van der Waals surface area contributed by atoms with Gasteiger partial charge in [-0.1, -0.05) is 12.2 Å². The molecule has 4 N–H and O–H groups in total. The zero-order chi connectivity index (χ0) is 14.5. The molecule has 19 heavy (non-hydrogen) atoms. The number of carbonyl (C=O) groups excluding carboxylic acids is 1. The van der Waals surface area contributed by atoms with Crippen molar-refractivity contribution in [1.29, 1.82) is 0 Å². The van der Waals surface area contributed by atoms with E-state index in [1.165, 1.54) is 31.2 Å². The normalized spacial score (nSPS) is 11.0. The third kappa shape index (κ3) is 5.33. The highest BCUT2D eigenvalue weighted by Crippen LogP contribution is 2.13. The quantitative estimate of drug-likeness (QED) is 0.668. The van der Waals surface area contributed by atoms with E-state index < -0.39 is 10.0 Å². The number of benzene rings is 1. The van der Waals surface area contributed by atoms with Crippen LogP contribution in [0.15, 0.2) is 29.2 Å². The first kappa shape index (κ1) is 15.5. The molecule has 0 radical (unpaired) electrons. The molecule has 1 aromatic rings. The lowest BCUT2D eigenvalue weighted by molar-refractivity contribution is -0.114. The molecule has 1 rings (SSSR count). The van der Waals surface area contributed by atoms with Crippen LogP contribution >= 0.6 is 12.2 Å². The molecule has 0 aromatic heterocycles. The van der Waals surface area contributed by atoms with Crippen molar-refractivity contribution in [1.82, 2.24) is 4.72 Å². The number of nitrogens with two attached hydrogens (primary N) is 1. The SMILES string of the molecule is CC(=O)Nc1ccc(S(=O)(=O)NCCC(N)=S)cc1. The van der Waals surface area contributed by atoms with Crippen LogP contribution < -0.4 is 15.8 Å². The Labute approximate surface area is 117 Å². The lowest BCUT2D eigenvalue weighted by Gasteiger charge is -2.07. The van der Waals surface area contributed by atoms with Crippen LogP contribution in [0.2, 0.25) is 0 Å². The molecule has 0 heterocycles. The molecule has 8 heteroatoms. The van der Waals surface area contributed by atoms with Gasteiger partial charge in [0.15, 0.2) is 0 Å². The van der Waals surface area contributed by atoms with Crippen molar-refractivity contribution >= 4 is 38.8 Å². The molecule has 104 valence electrons. The van der Waals surface area contributed by atoms with Gasteiger partial charge < -0.3 is 11.1 Å². The van der Waals surface area contributed by atoms with Crippen molar-refractivity contribution in [2.75, 3.05) is 11.9 Å². The zero-order valence-electron chi connectivity index (χ0n) is 10.3. The summed E-state index contributed by atoms with van der Waals surface area (Å²) in [5.41, 5.74) is 5.82. The van der Waals surface area contributed by atoms with Gasteiger partial charge in [0.05, 0.1) is 9.88 Å². The number of nitrogens with one attached hydrogen (secondary N) is 2. The Balaban J connectivity index is 2.73. The predicted octanol–water partition coefficient (Wildman–Crippen LogP) is 0.599. The second-order valence-corrected chi connectivity index (χ2v) is 6.11. The smallest absolute Gasteiger partial charge is 0.240 e. The monoisotopic (exact) mass is 301 g/mol. The van der Waals surface area contributed by atoms with Crippen LogP contribution in [0.4, 0.5) is 5.69 Å². The summed E-state index contributed by atoms with van der Waals surface area (Å²) in [6.45, 7) is 1.53. The minimum atomic E-state index is -3.58. The summed E-state index contributed by atoms with van der Waals surface area (Å²) < 4.78 is 26.1. The Morgan fingerprint density at radius 3 is 2.37 bits per heavy atom. The first-order valence-electron chi connectivity index (χ1n) is 5.47. The Morgan fingerprint density at radius 1 is 1.32 bits per heavy atom. The third-order valence-corrected chi connectivity index (χ3v) is 3.83. The van der Waals surface area contributed by atoms with Crippen molar-refractivity contribution in [2.45, 2.75) is 18.2 Å². The first-order chi connectivity index (χ1) is 8.81. The molecule has 0 aliphatic carbocycles. The second kappa shape index (κ2) is 6.60. The lowest BCUT2D eigenvalue weighted by atomic mass is 10.3. The van der Waals surface area contributed by atoms with E-state index in [-0.39, 0.29) is 22.3 Å². The van der Waals surface area contributed by atoms with Gasteiger partial charge >= 0.3 is 0 Å². The van der Waals surface area contributed by atoms with E-state index in [0.29, 0.717) is 12.1 Å². The number of sulfonamides is 1. The molecule has 0 unspecified atom stereocenters. The topological polar surface area (TPSA) is 101 Å². The third-order valence-electron chi connectivity index (χ3n) is 2.15. The minimum Gasteiger partial charge on any atom is -0.393 e. The number of thiocarbonyl (C=S) groups is 1. The van der Waals surface area contributed by atoms with Crippen LogP contribution in [0.1, 0.15) is 13.3 Å². The first-order valence-corrected chi connectivity index (χ1v) is 7.36. The Bertz CT molecular complexity index is 567. The Kier molecular flexibility index (Phi) is 5.40. The fourth-order valence-corrected chi connectivity index (χ4v) is 2.45. The molecule has 0 spiro atoms. The van der Waals surface area contributed by atoms with Crippen LogP contribution in [0.3, 0.4) is 0 Å². The average molecular weight is 301 g/mol. The van der Waals surface area contributed by atoms with Crippen molar-refractivity contribution in [2.24, 2.45) is 5.73 Å². The summed E-state index contributed by atoms with van der Waals surface area (Å²) in [4.78, 5) is 11.2. The maximum Gasteiger partial charge on any atom is 0.240 e. The molecule has 0 saturated carbocycles. The summed E-state index contributed by atoms with van der Waals surface area (Å²) in [5, 5.41) is 2.55. The van der Waals surface area contributed by atoms with Crippen LogP contribution in [0.25, 0.3) is 0 Å². The van der Waals surface area contributed by atoms with Gasteiger partial charge in [0.1, 0.15) is 0 Å². The number of rotatable bonds is 6. The van der Waals surface area contributed by atoms with E-state index in [4.69, 9.17) is 5.73 Å². The maximum atomic E-state index is 11.9. The van der Waals surface area contributed by atoms with Gasteiger partial charge in [-0.15, -0.1) is 0 Å². The molecule has 0 aliphatic heterocycles. The number of anilines is 1. The highest BCUT2D eigenvalue weighted by Gasteiger charge is 2.13. The van der Waals surface area contributed by atoms with E-state index in [1.807, 2.05) is 0 Å². The van der Waals surface area contributed by atoms with E-state index >= 15 is 0 Å². The highest BCUT2D eigenvalue weighted by atomic mass is 32.2. The molecule has 1 amide bonds. The van der Waals surface area contributed by atoms with Crippen molar-refractivity contribution < 1.29 is 13.2 Å². The molecule has 6 nitrogen and oxygen atoms in total. The van der Waals surface area contributed by atoms with E-state index in [0.717, 1.165) is 0 Å². The maximum absolute atomic E-state index is 11.9. The molecule has 0 aliphatic rings. The fourth-order valence-electron chi connectivity index (χ4n) is 1.31. The van der Waals surface area contributed by atoms with Crippen LogP contribution in [-0.2, 0) is 14.8 Å². The summed E-state index contributed by atoms with van der Waals surface area (Å²) in [6.07, 6.45) is 0.304. The molecule has 0 atom stereocenters. The Morgan fingerprint density at radius 2 is 1.89 bits per heavy atom. The van der Waals surface area contributed by atoms with Gasteiger partial charge in [0, 0.05) is 25.6 Å². The van der Waals surface area contributed by atoms with Crippen molar-refractivity contribution in [3.05, 3.63) is 24.3 Å². The number of hydrogen-bond acceptors (Lipinski definition) is 4. The fraction of sp³-hybridized carbons (Fsp3) is 0.273. The average Bonchev–Trinajstić information content (AvgIpc) is 2.28. The van der Waals surface area contributed by atoms with Crippen LogP contribution in [0.5, 0.6) is 0 Å². The molecular formula is C11H15N3O3S2. The zero-order valence-corrected chi connectivity index (χ0v) is 12.0. The Hall–Kier alpha value is -1.51. The van der Waals surface area contributed by atoms with Crippen molar-refractivity contribution in [3.63, 3.8) is 0 Å². The number of carbonyl (C=O) groups is 1. The molecule has 1 aromatic carbocycles. The van der Waals surface area contributed by atoms with Gasteiger partial charge in [0.2, 0.25) is 15.9 Å². The van der Waals surface area contributed by atoms with Crippen LogP contribution in [-0.4, -0.2) is 25.9 Å². The van der Waals surface area contributed by atoms with Gasteiger partial charge in [0.25, 0.3) is 0 Å². The second-order valence-electron chi connectivity index (χ2n) is 3.82. The van der Waals surface area contributed by atoms with E-state index in [2.05, 4.69) is 22.3 Å². The largest absolute Gasteiger partial charge is 0.393 e. The minimum absolute atomic E-state index is 0.115. The predicted molar refractivity (Wildman–Crippen MR) is 77.3 cm³/mol. The molecular weight excluding hydrogens is 286 g/mol. The van der Waals surface area contributed by atoms with Gasteiger partial charge in [-0.05, 0) is 24.3 Å².